The number of guanidine groups is 1. The molecule has 1 aliphatic heterocycles. The molecule has 7 nitrogen and oxygen atoms in total. The second kappa shape index (κ2) is 7.74. The normalized spacial score (nSPS) is 18.3. The highest BCUT2D eigenvalue weighted by Gasteiger charge is 2.19. The molecule has 1 saturated heterocycles. The van der Waals surface area contributed by atoms with E-state index >= 15 is 0 Å². The van der Waals surface area contributed by atoms with Crippen LogP contribution in [0.5, 0.6) is 0 Å². The Bertz CT molecular complexity index is 524. The topological polar surface area (TPSA) is 80.0 Å². The molecule has 0 aliphatic carbocycles. The maximum absolute atomic E-state index is 10.6. The summed E-state index contributed by atoms with van der Waals surface area (Å²) in [5, 5.41) is 13.9. The predicted octanol–water partition coefficient (Wildman–Crippen LogP) is 1.64. The van der Waals surface area contributed by atoms with Crippen LogP contribution in [0.4, 0.5) is 5.69 Å². The average Bonchev–Trinajstić information content (AvgIpc) is 3.01. The zero-order valence-corrected chi connectivity index (χ0v) is 13.0. The molecule has 1 atom stereocenters. The first-order valence-electron chi connectivity index (χ1n) is 7.33. The van der Waals surface area contributed by atoms with Crippen molar-refractivity contribution in [2.24, 2.45) is 10.9 Å². The minimum Gasteiger partial charge on any atom is -0.381 e. The first-order valence-corrected chi connectivity index (χ1v) is 7.33. The summed E-state index contributed by atoms with van der Waals surface area (Å²) >= 11 is 0. The Kier molecular flexibility index (Phi) is 5.71. The van der Waals surface area contributed by atoms with E-state index in [0.717, 1.165) is 37.7 Å². The molecule has 0 radical (unpaired) electrons. The van der Waals surface area contributed by atoms with Gasteiger partial charge in [-0.05, 0) is 12.0 Å². The van der Waals surface area contributed by atoms with Crippen molar-refractivity contribution in [3.8, 4) is 0 Å². The van der Waals surface area contributed by atoms with E-state index in [0.29, 0.717) is 12.5 Å². The fourth-order valence-electron chi connectivity index (χ4n) is 2.50. The maximum atomic E-state index is 10.6. The lowest BCUT2D eigenvalue weighted by Crippen LogP contribution is -2.41. The molecule has 0 spiro atoms. The molecule has 1 aromatic rings. The molecule has 1 aromatic carbocycles. The highest BCUT2D eigenvalue weighted by Crippen LogP contribution is 2.14. The highest BCUT2D eigenvalue weighted by molar-refractivity contribution is 5.79. The van der Waals surface area contributed by atoms with Gasteiger partial charge in [-0.25, -0.2) is 0 Å². The van der Waals surface area contributed by atoms with Gasteiger partial charge in [0.05, 0.1) is 11.5 Å². The monoisotopic (exact) mass is 306 g/mol. The van der Waals surface area contributed by atoms with Crippen LogP contribution < -0.4 is 5.32 Å². The van der Waals surface area contributed by atoms with Gasteiger partial charge in [0.1, 0.15) is 0 Å². The summed E-state index contributed by atoms with van der Waals surface area (Å²) in [6.45, 7) is 3.13. The summed E-state index contributed by atoms with van der Waals surface area (Å²) in [7, 11) is 3.75. The molecule has 1 fully saturated rings. The van der Waals surface area contributed by atoms with E-state index in [1.807, 2.05) is 7.05 Å². The Morgan fingerprint density at radius 2 is 2.23 bits per heavy atom. The largest absolute Gasteiger partial charge is 0.381 e. The predicted molar refractivity (Wildman–Crippen MR) is 84.9 cm³/mol. The lowest BCUT2D eigenvalue weighted by Gasteiger charge is -2.24. The van der Waals surface area contributed by atoms with Gasteiger partial charge in [0.2, 0.25) is 0 Å². The van der Waals surface area contributed by atoms with Crippen LogP contribution in [-0.2, 0) is 11.3 Å². The molecule has 1 aliphatic rings. The van der Waals surface area contributed by atoms with Crippen molar-refractivity contribution in [1.82, 2.24) is 10.2 Å². The van der Waals surface area contributed by atoms with Gasteiger partial charge in [-0.1, -0.05) is 12.1 Å². The van der Waals surface area contributed by atoms with Gasteiger partial charge in [0.25, 0.3) is 5.69 Å². The van der Waals surface area contributed by atoms with Crippen molar-refractivity contribution >= 4 is 11.6 Å². The number of rotatable bonds is 5. The van der Waals surface area contributed by atoms with Gasteiger partial charge in [-0.3, -0.25) is 15.1 Å². The van der Waals surface area contributed by atoms with Crippen LogP contribution in [0.15, 0.2) is 29.3 Å². The molecule has 1 N–H and O–H groups in total. The molecule has 0 saturated carbocycles. The Hall–Kier alpha value is -2.15. The minimum atomic E-state index is -0.395. The van der Waals surface area contributed by atoms with Crippen LogP contribution in [0.1, 0.15) is 12.0 Å². The molecular weight excluding hydrogens is 284 g/mol. The number of nitro groups is 1. The standard InChI is InChI=1S/C15H22N4O3/c1-16-15(18(2)10-13-7-8-22-11-13)17-9-12-3-5-14(6-4-12)19(20)21/h3-6,13H,7-11H2,1-2H3,(H,16,17). The Balaban J connectivity index is 1.86. The fraction of sp³-hybridized carbons (Fsp3) is 0.533. The Labute approximate surface area is 130 Å². The van der Waals surface area contributed by atoms with Crippen molar-refractivity contribution in [2.45, 2.75) is 13.0 Å². The van der Waals surface area contributed by atoms with Crippen molar-refractivity contribution in [3.63, 3.8) is 0 Å². The SMILES string of the molecule is CN=C(NCc1ccc([N+](=O)[O-])cc1)N(C)CC1CCOC1. The number of nitro benzene ring substituents is 1. The van der Waals surface area contributed by atoms with Crippen LogP contribution >= 0.6 is 0 Å². The van der Waals surface area contributed by atoms with Crippen molar-refractivity contribution in [2.75, 3.05) is 33.9 Å². The summed E-state index contributed by atoms with van der Waals surface area (Å²) in [6, 6.07) is 6.53. The summed E-state index contributed by atoms with van der Waals surface area (Å²) in [5.41, 5.74) is 1.08. The number of nitrogens with one attached hydrogen (secondary N) is 1. The van der Waals surface area contributed by atoms with Gasteiger partial charge in [0.15, 0.2) is 5.96 Å². The molecule has 0 amide bonds. The molecule has 1 unspecified atom stereocenters. The van der Waals surface area contributed by atoms with E-state index in [4.69, 9.17) is 4.74 Å². The number of nitrogens with zero attached hydrogens (tertiary/aromatic N) is 3. The number of non-ortho nitro benzene ring substituents is 1. The average molecular weight is 306 g/mol. The quantitative estimate of drug-likeness (QED) is 0.387. The Morgan fingerprint density at radius 3 is 2.77 bits per heavy atom. The smallest absolute Gasteiger partial charge is 0.269 e. The van der Waals surface area contributed by atoms with Crippen LogP contribution in [-0.4, -0.2) is 49.6 Å². The van der Waals surface area contributed by atoms with Crippen molar-refractivity contribution in [1.29, 1.82) is 0 Å². The first-order chi connectivity index (χ1) is 10.6. The van der Waals surface area contributed by atoms with Gasteiger partial charge >= 0.3 is 0 Å². The summed E-state index contributed by atoms with van der Waals surface area (Å²) in [4.78, 5) is 16.6. The van der Waals surface area contributed by atoms with Crippen molar-refractivity contribution in [3.05, 3.63) is 39.9 Å². The zero-order valence-electron chi connectivity index (χ0n) is 13.0. The van der Waals surface area contributed by atoms with Crippen molar-refractivity contribution < 1.29 is 9.66 Å². The number of hydrogen-bond acceptors (Lipinski definition) is 4. The molecule has 120 valence electrons. The van der Waals surface area contributed by atoms with Gasteiger partial charge in [-0.2, -0.15) is 0 Å². The van der Waals surface area contributed by atoms with E-state index < -0.39 is 4.92 Å². The molecule has 0 aromatic heterocycles. The number of benzene rings is 1. The van der Waals surface area contributed by atoms with E-state index in [1.165, 1.54) is 12.1 Å². The third kappa shape index (κ3) is 4.42. The molecule has 7 heteroatoms. The lowest BCUT2D eigenvalue weighted by molar-refractivity contribution is -0.384. The Morgan fingerprint density at radius 1 is 1.50 bits per heavy atom. The summed E-state index contributed by atoms with van der Waals surface area (Å²) in [5.74, 6) is 1.35. The molecule has 1 heterocycles. The minimum absolute atomic E-state index is 0.103. The molecular formula is C15H22N4O3. The second-order valence-corrected chi connectivity index (χ2v) is 5.43. The molecule has 22 heavy (non-hydrogen) atoms. The second-order valence-electron chi connectivity index (χ2n) is 5.43. The van der Waals surface area contributed by atoms with Crippen LogP contribution in [0.2, 0.25) is 0 Å². The van der Waals surface area contributed by atoms with Gasteiger partial charge < -0.3 is 15.0 Å². The number of hydrogen-bond donors (Lipinski definition) is 1. The maximum Gasteiger partial charge on any atom is 0.269 e. The zero-order chi connectivity index (χ0) is 15.9. The molecule has 2 rings (SSSR count). The first kappa shape index (κ1) is 16.2. The third-order valence-electron chi connectivity index (χ3n) is 3.73. The van der Waals surface area contributed by atoms with Gasteiger partial charge in [0, 0.05) is 51.8 Å². The summed E-state index contributed by atoms with van der Waals surface area (Å²) < 4.78 is 5.39. The highest BCUT2D eigenvalue weighted by atomic mass is 16.6. The summed E-state index contributed by atoms with van der Waals surface area (Å²) in [6.07, 6.45) is 1.09. The van der Waals surface area contributed by atoms with E-state index in [-0.39, 0.29) is 5.69 Å². The van der Waals surface area contributed by atoms with Crippen LogP contribution in [0, 0.1) is 16.0 Å². The van der Waals surface area contributed by atoms with E-state index in [1.54, 1.807) is 19.2 Å². The fourth-order valence-corrected chi connectivity index (χ4v) is 2.50. The van der Waals surface area contributed by atoms with Crippen LogP contribution in [0.3, 0.4) is 0 Å². The van der Waals surface area contributed by atoms with Gasteiger partial charge in [-0.15, -0.1) is 0 Å². The van der Waals surface area contributed by atoms with Crippen LogP contribution in [0.25, 0.3) is 0 Å². The van der Waals surface area contributed by atoms with E-state index in [9.17, 15) is 10.1 Å². The molecule has 0 bridgehead atoms. The van der Waals surface area contributed by atoms with E-state index in [2.05, 4.69) is 15.2 Å². The number of ether oxygens (including phenoxy) is 1. The number of aliphatic imine (C=N–C) groups is 1. The third-order valence-corrected chi connectivity index (χ3v) is 3.73. The lowest BCUT2D eigenvalue weighted by atomic mass is 10.1.